The summed E-state index contributed by atoms with van der Waals surface area (Å²) >= 11 is 1.38. The molecule has 1 heterocycles. The fourth-order valence-electron chi connectivity index (χ4n) is 1.55. The lowest BCUT2D eigenvalue weighted by atomic mass is 10.1. The zero-order valence-corrected chi connectivity index (χ0v) is 9.60. The van der Waals surface area contributed by atoms with Gasteiger partial charge < -0.3 is 10.1 Å². The van der Waals surface area contributed by atoms with Crippen molar-refractivity contribution in [3.63, 3.8) is 0 Å². The molecule has 0 aromatic heterocycles. The molecule has 1 aliphatic rings. The Balaban J connectivity index is 2.43. The normalized spacial score (nSPS) is 14.7. The molecule has 0 fully saturated rings. The first-order valence-electron chi connectivity index (χ1n) is 4.82. The van der Waals surface area contributed by atoms with Crippen molar-refractivity contribution in [3.8, 4) is 0 Å². The minimum Gasteiger partial charge on any atom is -0.465 e. The van der Waals surface area contributed by atoms with Crippen LogP contribution in [0.1, 0.15) is 15.9 Å². The molecule has 1 aliphatic heterocycles. The highest BCUT2D eigenvalue weighted by Crippen LogP contribution is 2.29. The maximum absolute atomic E-state index is 11.5. The number of hydrogen-bond donors (Lipinski definition) is 1. The van der Waals surface area contributed by atoms with Crippen molar-refractivity contribution in [3.05, 3.63) is 29.3 Å². The number of amides is 1. The Morgan fingerprint density at radius 3 is 3.06 bits per heavy atom. The summed E-state index contributed by atoms with van der Waals surface area (Å²) in [5, 5.41) is 2.77. The highest BCUT2D eigenvalue weighted by Gasteiger charge is 2.19. The average molecular weight is 237 g/mol. The molecule has 16 heavy (non-hydrogen) atoms. The summed E-state index contributed by atoms with van der Waals surface area (Å²) in [6.45, 7) is 0.464. The second kappa shape index (κ2) is 4.57. The number of benzene rings is 1. The highest BCUT2D eigenvalue weighted by molar-refractivity contribution is 8.00. The summed E-state index contributed by atoms with van der Waals surface area (Å²) in [5.41, 5.74) is 1.49. The van der Waals surface area contributed by atoms with Gasteiger partial charge in [-0.15, -0.1) is 11.8 Å². The molecular weight excluding hydrogens is 226 g/mol. The molecule has 0 spiro atoms. The lowest BCUT2D eigenvalue weighted by molar-refractivity contribution is -0.118. The van der Waals surface area contributed by atoms with Crippen molar-refractivity contribution in [1.29, 1.82) is 0 Å². The maximum Gasteiger partial charge on any atom is 0.339 e. The van der Waals surface area contributed by atoms with Crippen LogP contribution in [0.2, 0.25) is 0 Å². The van der Waals surface area contributed by atoms with Gasteiger partial charge >= 0.3 is 5.97 Å². The molecule has 0 saturated carbocycles. The van der Waals surface area contributed by atoms with Crippen LogP contribution >= 0.6 is 11.8 Å². The van der Waals surface area contributed by atoms with Gasteiger partial charge in [0.1, 0.15) is 0 Å². The summed E-state index contributed by atoms with van der Waals surface area (Å²) in [6.07, 6.45) is 0. The molecule has 1 aromatic rings. The number of esters is 1. The van der Waals surface area contributed by atoms with Crippen molar-refractivity contribution in [2.45, 2.75) is 11.4 Å². The molecule has 4 nitrogen and oxygen atoms in total. The summed E-state index contributed by atoms with van der Waals surface area (Å²) in [5.74, 6) is -0.0446. The molecule has 0 atom stereocenters. The molecule has 0 unspecified atom stereocenters. The van der Waals surface area contributed by atoms with Gasteiger partial charge in [0.2, 0.25) is 5.91 Å². The molecule has 0 bridgehead atoms. The Morgan fingerprint density at radius 1 is 1.50 bits per heavy atom. The molecular formula is C11H11NO3S. The van der Waals surface area contributed by atoms with Crippen LogP contribution in [-0.4, -0.2) is 24.7 Å². The van der Waals surface area contributed by atoms with Gasteiger partial charge in [-0.3, -0.25) is 4.79 Å². The lowest BCUT2D eigenvalue weighted by Crippen LogP contribution is -2.22. The fraction of sp³-hybridized carbons (Fsp3) is 0.273. The Labute approximate surface area is 97.4 Å². The molecule has 1 amide bonds. The Kier molecular flexibility index (Phi) is 3.14. The number of methoxy groups -OCH3 is 1. The number of nitrogens with one attached hydrogen (secondary N) is 1. The highest BCUT2D eigenvalue weighted by atomic mass is 32.2. The molecule has 84 valence electrons. The predicted octanol–water partition coefficient (Wildman–Crippen LogP) is 1.20. The van der Waals surface area contributed by atoms with E-state index in [1.807, 2.05) is 6.07 Å². The monoisotopic (exact) mass is 237 g/mol. The fourth-order valence-corrected chi connectivity index (χ4v) is 2.56. The zero-order valence-electron chi connectivity index (χ0n) is 8.78. The molecule has 0 aliphatic carbocycles. The standard InChI is InChI=1S/C11H11NO3S/c1-15-11(14)8-4-2-3-7-5-12-9(13)6-16-10(7)8/h2-4H,5-6H2,1H3,(H,12,13). The molecule has 0 radical (unpaired) electrons. The first kappa shape index (κ1) is 11.0. The Bertz CT molecular complexity index is 445. The SMILES string of the molecule is COC(=O)c1cccc2c1SCC(=O)NC2. The second-order valence-corrected chi connectivity index (χ2v) is 4.34. The van der Waals surface area contributed by atoms with E-state index in [9.17, 15) is 9.59 Å². The number of carbonyl (C=O) groups excluding carboxylic acids is 2. The van der Waals surface area contributed by atoms with Crippen molar-refractivity contribution in [1.82, 2.24) is 5.32 Å². The molecule has 5 heteroatoms. The van der Waals surface area contributed by atoms with Crippen LogP contribution in [0.15, 0.2) is 23.1 Å². The third kappa shape index (κ3) is 2.04. The van der Waals surface area contributed by atoms with E-state index in [0.717, 1.165) is 10.5 Å². The van der Waals surface area contributed by atoms with Gasteiger partial charge in [0.25, 0.3) is 0 Å². The second-order valence-electron chi connectivity index (χ2n) is 3.35. The summed E-state index contributed by atoms with van der Waals surface area (Å²) in [7, 11) is 1.35. The van der Waals surface area contributed by atoms with Crippen LogP contribution in [-0.2, 0) is 16.1 Å². The minimum absolute atomic E-state index is 0.0167. The first-order valence-corrected chi connectivity index (χ1v) is 5.80. The van der Waals surface area contributed by atoms with Gasteiger partial charge in [0, 0.05) is 11.4 Å². The number of carbonyl (C=O) groups is 2. The smallest absolute Gasteiger partial charge is 0.339 e. The van der Waals surface area contributed by atoms with Crippen molar-refractivity contribution in [2.24, 2.45) is 0 Å². The summed E-state index contributed by atoms with van der Waals surface area (Å²) in [6, 6.07) is 5.41. The van der Waals surface area contributed by atoms with Crippen molar-refractivity contribution >= 4 is 23.6 Å². The summed E-state index contributed by atoms with van der Waals surface area (Å²) in [4.78, 5) is 23.6. The van der Waals surface area contributed by atoms with Crippen LogP contribution in [0.4, 0.5) is 0 Å². The van der Waals surface area contributed by atoms with E-state index in [-0.39, 0.29) is 11.9 Å². The number of rotatable bonds is 1. The van der Waals surface area contributed by atoms with Crippen LogP contribution in [0, 0.1) is 0 Å². The van der Waals surface area contributed by atoms with Crippen LogP contribution in [0.5, 0.6) is 0 Å². The largest absolute Gasteiger partial charge is 0.465 e. The first-order chi connectivity index (χ1) is 7.72. The van der Waals surface area contributed by atoms with Crippen LogP contribution in [0.25, 0.3) is 0 Å². The van der Waals surface area contributed by atoms with Crippen molar-refractivity contribution < 1.29 is 14.3 Å². The molecule has 2 rings (SSSR count). The van der Waals surface area contributed by atoms with E-state index in [1.54, 1.807) is 12.1 Å². The number of thioether (sulfide) groups is 1. The number of ether oxygens (including phenoxy) is 1. The van der Waals surface area contributed by atoms with E-state index in [1.165, 1.54) is 18.9 Å². The lowest BCUT2D eigenvalue weighted by Gasteiger charge is -2.08. The maximum atomic E-state index is 11.5. The average Bonchev–Trinajstić information content (AvgIpc) is 2.50. The minimum atomic E-state index is -0.362. The van der Waals surface area contributed by atoms with Crippen LogP contribution < -0.4 is 5.32 Å². The third-order valence-electron chi connectivity index (χ3n) is 2.33. The zero-order chi connectivity index (χ0) is 11.5. The summed E-state index contributed by atoms with van der Waals surface area (Å²) < 4.78 is 4.71. The van der Waals surface area contributed by atoms with Gasteiger partial charge in [0.15, 0.2) is 0 Å². The number of hydrogen-bond acceptors (Lipinski definition) is 4. The predicted molar refractivity (Wildman–Crippen MR) is 60.4 cm³/mol. The molecule has 1 N–H and O–H groups in total. The third-order valence-corrected chi connectivity index (χ3v) is 3.50. The van der Waals surface area contributed by atoms with Crippen molar-refractivity contribution in [2.75, 3.05) is 12.9 Å². The van der Waals surface area contributed by atoms with E-state index < -0.39 is 0 Å². The van der Waals surface area contributed by atoms with Gasteiger partial charge in [-0.1, -0.05) is 12.1 Å². The van der Waals surface area contributed by atoms with E-state index in [2.05, 4.69) is 5.32 Å². The topological polar surface area (TPSA) is 55.4 Å². The Hall–Kier alpha value is -1.49. The van der Waals surface area contributed by atoms with Gasteiger partial charge in [0.05, 0.1) is 18.4 Å². The molecule has 1 aromatic carbocycles. The number of fused-ring (bicyclic) bond motifs is 1. The Morgan fingerprint density at radius 2 is 2.31 bits per heavy atom. The van der Waals surface area contributed by atoms with E-state index in [4.69, 9.17) is 4.74 Å². The van der Waals surface area contributed by atoms with Crippen LogP contribution in [0.3, 0.4) is 0 Å². The molecule has 0 saturated heterocycles. The van der Waals surface area contributed by atoms with Gasteiger partial charge in [-0.05, 0) is 11.6 Å². The van der Waals surface area contributed by atoms with Gasteiger partial charge in [-0.25, -0.2) is 4.79 Å². The van der Waals surface area contributed by atoms with E-state index >= 15 is 0 Å². The quantitative estimate of drug-likeness (QED) is 0.746. The van der Waals surface area contributed by atoms with E-state index in [0.29, 0.717) is 17.9 Å². The van der Waals surface area contributed by atoms with Gasteiger partial charge in [-0.2, -0.15) is 0 Å².